The van der Waals surface area contributed by atoms with Crippen molar-refractivity contribution in [3.8, 4) is 0 Å². The van der Waals surface area contributed by atoms with E-state index in [4.69, 9.17) is 0 Å². The summed E-state index contributed by atoms with van der Waals surface area (Å²) in [5.41, 5.74) is 0. The maximum Gasteiger partial charge on any atom is 0.460 e. The summed E-state index contributed by atoms with van der Waals surface area (Å²) >= 11 is -0.608. The van der Waals surface area contributed by atoms with Crippen molar-refractivity contribution < 1.29 is 56.4 Å². The lowest BCUT2D eigenvalue weighted by Crippen LogP contribution is -2.63. The Labute approximate surface area is 134 Å². The third kappa shape index (κ3) is 4.28. The maximum atomic E-state index is 13.1. The molecule has 0 unspecified atom stereocenters. The zero-order chi connectivity index (χ0) is 19.6. The van der Waals surface area contributed by atoms with Gasteiger partial charge in [0, 0.05) is 18.5 Å². The second-order valence-corrected chi connectivity index (χ2v) is 6.73. The first-order chi connectivity index (χ1) is 10.5. The smallest absolute Gasteiger partial charge is 0.299 e. The minimum Gasteiger partial charge on any atom is -0.299 e. The van der Waals surface area contributed by atoms with Gasteiger partial charge in [-0.2, -0.15) is 51.6 Å². The lowest BCUT2D eigenvalue weighted by Gasteiger charge is -2.32. The number of hydrogen-bond donors (Lipinski definition) is 0. The van der Waals surface area contributed by atoms with Gasteiger partial charge in [0.25, 0.3) is 0 Å². The Bertz CT molecular complexity index is 556. The molecular formula is C9H9F9O4S2. The Morgan fingerprint density at radius 1 is 0.958 bits per heavy atom. The quantitative estimate of drug-likeness (QED) is 0.423. The molecule has 4 nitrogen and oxygen atoms in total. The molecule has 0 atom stereocenters. The molecule has 0 fully saturated rings. The van der Waals surface area contributed by atoms with Crippen molar-refractivity contribution in [2.24, 2.45) is 0 Å². The van der Waals surface area contributed by atoms with Crippen LogP contribution in [0.25, 0.3) is 0 Å². The summed E-state index contributed by atoms with van der Waals surface area (Å²) in [4.78, 5) is 11.0. The van der Waals surface area contributed by atoms with E-state index in [0.29, 0.717) is 0 Å². The lowest BCUT2D eigenvalue weighted by molar-refractivity contribution is -0.382. The molecule has 0 saturated heterocycles. The van der Waals surface area contributed by atoms with Crippen LogP contribution >= 0.6 is 12.0 Å². The summed E-state index contributed by atoms with van der Waals surface area (Å²) < 4.78 is 138. The standard InChI is InChI=1S/C9H9F9O4S2/c1-2-3-5(19)4-23-22-24(20,21)9(17,18)7(12,13)6(10,11)8(14,15)16/h2-4H2,1H3. The largest absolute Gasteiger partial charge is 0.460 e. The zero-order valence-corrected chi connectivity index (χ0v) is 13.1. The highest BCUT2D eigenvalue weighted by Crippen LogP contribution is 2.55. The van der Waals surface area contributed by atoms with E-state index < -0.39 is 57.0 Å². The van der Waals surface area contributed by atoms with E-state index in [-0.39, 0.29) is 12.8 Å². The van der Waals surface area contributed by atoms with Crippen molar-refractivity contribution in [1.82, 2.24) is 0 Å². The predicted molar refractivity (Wildman–Crippen MR) is 63.3 cm³/mol. The molecule has 0 rings (SSSR count). The van der Waals surface area contributed by atoms with Crippen LogP contribution < -0.4 is 0 Å². The molecule has 0 heterocycles. The fourth-order valence-corrected chi connectivity index (χ4v) is 2.82. The van der Waals surface area contributed by atoms with Crippen LogP contribution in [0.3, 0.4) is 0 Å². The molecule has 0 spiro atoms. The summed E-state index contributed by atoms with van der Waals surface area (Å²) in [5.74, 6) is -16.4. The van der Waals surface area contributed by atoms with Crippen molar-refractivity contribution in [2.45, 2.75) is 43.0 Å². The van der Waals surface area contributed by atoms with Crippen LogP contribution in [0.2, 0.25) is 0 Å². The van der Waals surface area contributed by atoms with Gasteiger partial charge in [0.1, 0.15) is 5.78 Å². The Balaban J connectivity index is 5.44. The Morgan fingerprint density at radius 2 is 1.42 bits per heavy atom. The molecule has 0 aliphatic heterocycles. The zero-order valence-electron chi connectivity index (χ0n) is 11.5. The summed E-state index contributed by atoms with van der Waals surface area (Å²) in [7, 11) is -6.92. The van der Waals surface area contributed by atoms with E-state index in [9.17, 15) is 52.7 Å². The van der Waals surface area contributed by atoms with Crippen LogP contribution in [0.1, 0.15) is 19.8 Å². The van der Waals surface area contributed by atoms with Gasteiger partial charge in [-0.15, -0.1) is 0 Å². The van der Waals surface area contributed by atoms with Crippen LogP contribution in [0.4, 0.5) is 39.5 Å². The average molecular weight is 416 g/mol. The summed E-state index contributed by atoms with van der Waals surface area (Å²) in [6, 6.07) is 0. The van der Waals surface area contributed by atoms with E-state index in [0.717, 1.165) is 0 Å². The number of carbonyl (C=O) groups is 1. The fraction of sp³-hybridized carbons (Fsp3) is 0.889. The normalized spacial score (nSPS) is 14.8. The molecule has 0 aliphatic rings. The summed E-state index contributed by atoms with van der Waals surface area (Å²) in [6.45, 7) is 1.51. The first-order valence-corrected chi connectivity index (χ1v) is 8.05. The maximum absolute atomic E-state index is 13.1. The van der Waals surface area contributed by atoms with Gasteiger partial charge in [-0.05, 0) is 6.42 Å². The molecule has 144 valence electrons. The van der Waals surface area contributed by atoms with Gasteiger partial charge in [-0.3, -0.25) is 4.79 Å². The Kier molecular flexibility index (Phi) is 7.06. The van der Waals surface area contributed by atoms with Gasteiger partial charge in [-0.25, -0.2) is 0 Å². The van der Waals surface area contributed by atoms with Crippen molar-refractivity contribution >= 4 is 27.9 Å². The highest BCUT2D eigenvalue weighted by Gasteiger charge is 2.85. The predicted octanol–water partition coefficient (Wildman–Crippen LogP) is 3.78. The minimum atomic E-state index is -7.36. The SMILES string of the molecule is CCCC(=O)CSOS(=O)(=O)C(F)(F)C(F)(F)C(F)(F)C(F)(F)F. The fourth-order valence-electron chi connectivity index (χ4n) is 1.06. The van der Waals surface area contributed by atoms with Gasteiger partial charge in [0.05, 0.1) is 5.75 Å². The lowest BCUT2D eigenvalue weighted by atomic mass is 10.1. The minimum absolute atomic E-state index is 0.158. The first kappa shape index (κ1) is 23.3. The topological polar surface area (TPSA) is 60.4 Å². The van der Waals surface area contributed by atoms with Gasteiger partial charge in [0.2, 0.25) is 0 Å². The highest BCUT2D eigenvalue weighted by atomic mass is 32.3. The highest BCUT2D eigenvalue weighted by molar-refractivity contribution is 8.05. The number of hydrogen-bond acceptors (Lipinski definition) is 5. The number of Topliss-reactive ketones (excluding diaryl/α,β-unsaturated/α-hetero) is 1. The van der Waals surface area contributed by atoms with Crippen LogP contribution in [-0.2, 0) is 18.5 Å². The molecule has 0 bridgehead atoms. The van der Waals surface area contributed by atoms with Crippen LogP contribution in [0.5, 0.6) is 0 Å². The molecular weight excluding hydrogens is 407 g/mol. The molecule has 0 saturated carbocycles. The van der Waals surface area contributed by atoms with E-state index >= 15 is 0 Å². The molecule has 0 amide bonds. The van der Waals surface area contributed by atoms with E-state index in [2.05, 4.69) is 3.63 Å². The summed E-state index contributed by atoms with van der Waals surface area (Å²) in [6.07, 6.45) is -7.05. The average Bonchev–Trinajstić information content (AvgIpc) is 2.36. The van der Waals surface area contributed by atoms with Gasteiger partial charge >= 0.3 is 33.4 Å². The third-order valence-electron chi connectivity index (χ3n) is 2.32. The number of halogens is 9. The third-order valence-corrected chi connectivity index (χ3v) is 4.74. The first-order valence-electron chi connectivity index (χ1n) is 5.73. The molecule has 0 N–H and O–H groups in total. The Hall–Kier alpha value is -0.700. The molecule has 15 heteroatoms. The van der Waals surface area contributed by atoms with Gasteiger partial charge in [-0.1, -0.05) is 6.92 Å². The van der Waals surface area contributed by atoms with Crippen LogP contribution in [0, 0.1) is 0 Å². The number of alkyl halides is 9. The molecule has 0 aromatic rings. The molecule has 0 aromatic carbocycles. The molecule has 0 radical (unpaired) electrons. The van der Waals surface area contributed by atoms with Crippen molar-refractivity contribution in [3.63, 3.8) is 0 Å². The monoisotopic (exact) mass is 416 g/mol. The van der Waals surface area contributed by atoms with E-state index in [1.54, 1.807) is 0 Å². The second-order valence-electron chi connectivity index (χ2n) is 4.24. The Morgan fingerprint density at radius 3 is 1.79 bits per heavy atom. The van der Waals surface area contributed by atoms with Gasteiger partial charge < -0.3 is 0 Å². The van der Waals surface area contributed by atoms with Gasteiger partial charge in [0.15, 0.2) is 0 Å². The van der Waals surface area contributed by atoms with Crippen LogP contribution in [0.15, 0.2) is 0 Å². The van der Waals surface area contributed by atoms with Crippen molar-refractivity contribution in [3.05, 3.63) is 0 Å². The van der Waals surface area contributed by atoms with Crippen LogP contribution in [-0.4, -0.2) is 43.2 Å². The molecule has 0 aliphatic carbocycles. The number of carbonyl (C=O) groups excluding carboxylic acids is 1. The second kappa shape index (κ2) is 7.27. The molecule has 0 aromatic heterocycles. The van der Waals surface area contributed by atoms with E-state index in [1.165, 1.54) is 6.92 Å². The summed E-state index contributed by atoms with van der Waals surface area (Å²) in [5, 5.41) is -6.92. The molecule has 24 heavy (non-hydrogen) atoms. The van der Waals surface area contributed by atoms with Crippen molar-refractivity contribution in [2.75, 3.05) is 5.75 Å². The number of ketones is 1. The van der Waals surface area contributed by atoms with Crippen molar-refractivity contribution in [1.29, 1.82) is 0 Å². The van der Waals surface area contributed by atoms with E-state index in [1.807, 2.05) is 0 Å². The number of rotatable bonds is 9.